The summed E-state index contributed by atoms with van der Waals surface area (Å²) in [5.74, 6) is -0.940. The van der Waals surface area contributed by atoms with Crippen LogP contribution in [0.25, 0.3) is 0 Å². The van der Waals surface area contributed by atoms with Gasteiger partial charge in [-0.2, -0.15) is 0 Å². The highest BCUT2D eigenvalue weighted by Gasteiger charge is 2.09. The molecule has 1 unspecified atom stereocenters. The molecule has 4 nitrogen and oxygen atoms in total. The Hall–Kier alpha value is -1.03. The van der Waals surface area contributed by atoms with Gasteiger partial charge in [0.1, 0.15) is 6.04 Å². The average molecular weight is 172 g/mol. The highest BCUT2D eigenvalue weighted by molar-refractivity contribution is 5.72. The van der Waals surface area contributed by atoms with E-state index in [-0.39, 0.29) is 0 Å². The largest absolute Gasteiger partial charge is 0.480 e. The molecule has 4 heteroatoms. The minimum absolute atomic E-state index is 0.496. The smallest absolute Gasteiger partial charge is 0.320 e. The van der Waals surface area contributed by atoms with E-state index in [1.165, 1.54) is 0 Å². The zero-order chi connectivity index (χ0) is 9.56. The molecule has 0 aliphatic carbocycles. The van der Waals surface area contributed by atoms with E-state index in [1.807, 2.05) is 6.92 Å². The molecule has 0 saturated heterocycles. The van der Waals surface area contributed by atoms with E-state index in [1.54, 1.807) is 0 Å². The third kappa shape index (κ3) is 5.73. The van der Waals surface area contributed by atoms with E-state index < -0.39 is 12.0 Å². The highest BCUT2D eigenvalue weighted by atomic mass is 16.4. The first-order valence-electron chi connectivity index (χ1n) is 3.92. The van der Waals surface area contributed by atoms with Gasteiger partial charge >= 0.3 is 5.97 Å². The summed E-state index contributed by atoms with van der Waals surface area (Å²) in [6, 6.07) is -0.739. The molecule has 0 aromatic rings. The van der Waals surface area contributed by atoms with Gasteiger partial charge in [0.2, 0.25) is 0 Å². The summed E-state index contributed by atoms with van der Waals surface area (Å²) in [5.41, 5.74) is 6.17. The van der Waals surface area contributed by atoms with Crippen LogP contribution < -0.4 is 11.1 Å². The Balaban J connectivity index is 3.31. The lowest BCUT2D eigenvalue weighted by atomic mass is 10.2. The Bertz CT molecular complexity index is 168. The number of hydrogen-bond donors (Lipinski definition) is 3. The van der Waals surface area contributed by atoms with Gasteiger partial charge in [-0.05, 0) is 19.8 Å². The Kier molecular flexibility index (Phi) is 5.12. The molecule has 0 saturated carbocycles. The van der Waals surface area contributed by atoms with Gasteiger partial charge in [-0.1, -0.05) is 6.58 Å². The molecule has 4 N–H and O–H groups in total. The van der Waals surface area contributed by atoms with E-state index in [0.29, 0.717) is 6.42 Å². The minimum Gasteiger partial charge on any atom is -0.480 e. The van der Waals surface area contributed by atoms with Gasteiger partial charge in [-0.15, -0.1) is 0 Å². The van der Waals surface area contributed by atoms with Crippen molar-refractivity contribution in [2.45, 2.75) is 25.8 Å². The Morgan fingerprint density at radius 3 is 2.75 bits per heavy atom. The van der Waals surface area contributed by atoms with Crippen molar-refractivity contribution >= 4 is 5.97 Å². The van der Waals surface area contributed by atoms with Crippen LogP contribution >= 0.6 is 0 Å². The lowest BCUT2D eigenvalue weighted by Gasteiger charge is -2.07. The SMILES string of the molecule is C=C(C)NCCCC(N)C(=O)O. The van der Waals surface area contributed by atoms with Crippen LogP contribution in [0.15, 0.2) is 12.3 Å². The van der Waals surface area contributed by atoms with Crippen LogP contribution in [-0.4, -0.2) is 23.7 Å². The zero-order valence-electron chi connectivity index (χ0n) is 7.34. The van der Waals surface area contributed by atoms with Crippen LogP contribution in [0.3, 0.4) is 0 Å². The fraction of sp³-hybridized carbons (Fsp3) is 0.625. The number of carbonyl (C=O) groups is 1. The first-order chi connectivity index (χ1) is 5.54. The Morgan fingerprint density at radius 2 is 2.33 bits per heavy atom. The van der Waals surface area contributed by atoms with Crippen molar-refractivity contribution < 1.29 is 9.90 Å². The van der Waals surface area contributed by atoms with E-state index in [4.69, 9.17) is 10.8 Å². The van der Waals surface area contributed by atoms with Gasteiger partial charge in [0.25, 0.3) is 0 Å². The maximum absolute atomic E-state index is 10.3. The third-order valence-corrected chi connectivity index (χ3v) is 1.44. The number of nitrogens with one attached hydrogen (secondary N) is 1. The average Bonchev–Trinajstić information content (AvgIpc) is 1.97. The molecule has 0 amide bonds. The minimum atomic E-state index is -0.940. The summed E-state index contributed by atoms with van der Waals surface area (Å²) >= 11 is 0. The number of aliphatic carboxylic acids is 1. The summed E-state index contributed by atoms with van der Waals surface area (Å²) in [6.45, 7) is 6.24. The Labute approximate surface area is 72.4 Å². The quantitative estimate of drug-likeness (QED) is 0.504. The van der Waals surface area contributed by atoms with Crippen LogP contribution in [-0.2, 0) is 4.79 Å². The molecule has 0 aliphatic heterocycles. The topological polar surface area (TPSA) is 75.3 Å². The standard InChI is InChI=1S/C8H16N2O2/c1-6(2)10-5-3-4-7(9)8(11)12/h7,10H,1,3-5,9H2,2H3,(H,11,12). The first-order valence-corrected chi connectivity index (χ1v) is 3.92. The van der Waals surface area contributed by atoms with E-state index in [0.717, 1.165) is 18.7 Å². The van der Waals surface area contributed by atoms with Gasteiger partial charge in [0.15, 0.2) is 0 Å². The summed E-state index contributed by atoms with van der Waals surface area (Å²) in [4.78, 5) is 10.3. The maximum atomic E-state index is 10.3. The van der Waals surface area contributed by atoms with Crippen molar-refractivity contribution in [3.8, 4) is 0 Å². The molecule has 0 radical (unpaired) electrons. The lowest BCUT2D eigenvalue weighted by molar-refractivity contribution is -0.138. The molecule has 0 spiro atoms. The first kappa shape index (κ1) is 11.0. The zero-order valence-corrected chi connectivity index (χ0v) is 7.34. The van der Waals surface area contributed by atoms with Gasteiger partial charge in [-0.25, -0.2) is 0 Å². The van der Waals surface area contributed by atoms with E-state index in [2.05, 4.69) is 11.9 Å². The van der Waals surface area contributed by atoms with E-state index in [9.17, 15) is 4.79 Å². The number of nitrogens with two attached hydrogens (primary N) is 1. The van der Waals surface area contributed by atoms with Crippen molar-refractivity contribution in [3.63, 3.8) is 0 Å². The molecular formula is C8H16N2O2. The molecule has 0 aromatic heterocycles. The predicted molar refractivity (Wildman–Crippen MR) is 47.7 cm³/mol. The number of carboxylic acid groups (broad SMARTS) is 1. The third-order valence-electron chi connectivity index (χ3n) is 1.44. The summed E-state index contributed by atoms with van der Waals surface area (Å²) in [6.07, 6.45) is 1.25. The molecule has 0 rings (SSSR count). The molecule has 0 aromatic carbocycles. The van der Waals surface area contributed by atoms with Crippen molar-refractivity contribution in [1.82, 2.24) is 5.32 Å². The molecule has 0 heterocycles. The molecule has 0 fully saturated rings. The number of hydrogen-bond acceptors (Lipinski definition) is 3. The second kappa shape index (κ2) is 5.60. The fourth-order valence-electron chi connectivity index (χ4n) is 0.747. The maximum Gasteiger partial charge on any atom is 0.320 e. The van der Waals surface area contributed by atoms with Gasteiger partial charge < -0.3 is 16.2 Å². The summed E-state index contributed by atoms with van der Waals surface area (Å²) in [7, 11) is 0. The van der Waals surface area contributed by atoms with Gasteiger partial charge in [0.05, 0.1) is 0 Å². The van der Waals surface area contributed by atoms with Crippen molar-refractivity contribution in [2.75, 3.05) is 6.54 Å². The van der Waals surface area contributed by atoms with Crippen molar-refractivity contribution in [2.24, 2.45) is 5.73 Å². The summed E-state index contributed by atoms with van der Waals surface area (Å²) < 4.78 is 0. The number of rotatable bonds is 6. The summed E-state index contributed by atoms with van der Waals surface area (Å²) in [5, 5.41) is 11.4. The van der Waals surface area contributed by atoms with Crippen LogP contribution in [0.2, 0.25) is 0 Å². The molecule has 0 bridgehead atoms. The molecule has 1 atom stereocenters. The second-order valence-electron chi connectivity index (χ2n) is 2.79. The molecule has 70 valence electrons. The predicted octanol–water partition coefficient (Wildman–Crippen LogP) is 0.302. The number of allylic oxidation sites excluding steroid dienone is 1. The van der Waals surface area contributed by atoms with Crippen LogP contribution in [0.5, 0.6) is 0 Å². The molecule has 12 heavy (non-hydrogen) atoms. The molecule has 0 aliphatic rings. The fourth-order valence-corrected chi connectivity index (χ4v) is 0.747. The monoisotopic (exact) mass is 172 g/mol. The highest BCUT2D eigenvalue weighted by Crippen LogP contribution is 1.93. The van der Waals surface area contributed by atoms with Crippen molar-refractivity contribution in [1.29, 1.82) is 0 Å². The molecular weight excluding hydrogens is 156 g/mol. The van der Waals surface area contributed by atoms with Gasteiger partial charge in [-0.3, -0.25) is 4.79 Å². The lowest BCUT2D eigenvalue weighted by Crippen LogP contribution is -2.30. The normalized spacial score (nSPS) is 12.2. The van der Waals surface area contributed by atoms with Crippen LogP contribution in [0.1, 0.15) is 19.8 Å². The van der Waals surface area contributed by atoms with Crippen LogP contribution in [0, 0.1) is 0 Å². The second-order valence-corrected chi connectivity index (χ2v) is 2.79. The van der Waals surface area contributed by atoms with Crippen LogP contribution in [0.4, 0.5) is 0 Å². The van der Waals surface area contributed by atoms with Gasteiger partial charge in [0, 0.05) is 12.2 Å². The van der Waals surface area contributed by atoms with Crippen molar-refractivity contribution in [3.05, 3.63) is 12.3 Å². The number of carboxylic acids is 1. The Morgan fingerprint density at radius 1 is 1.75 bits per heavy atom. The van der Waals surface area contributed by atoms with E-state index >= 15 is 0 Å².